The van der Waals surface area contributed by atoms with Gasteiger partial charge in [-0.3, -0.25) is 4.79 Å². The molecule has 0 aliphatic carbocycles. The minimum atomic E-state index is -0.0806. The molecule has 1 aromatic rings. The van der Waals surface area contributed by atoms with E-state index in [0.717, 1.165) is 38.3 Å². The summed E-state index contributed by atoms with van der Waals surface area (Å²) in [6.07, 6.45) is 6.20. The van der Waals surface area contributed by atoms with E-state index in [4.69, 9.17) is 0 Å². The van der Waals surface area contributed by atoms with Gasteiger partial charge in [0.2, 0.25) is 11.9 Å². The van der Waals surface area contributed by atoms with E-state index >= 15 is 0 Å². The van der Waals surface area contributed by atoms with Crippen LogP contribution in [0.4, 0.5) is 5.95 Å². The van der Waals surface area contributed by atoms with Gasteiger partial charge in [0.05, 0.1) is 4.83 Å². The molecule has 1 aromatic heterocycles. The number of nitrogens with one attached hydrogen (secondary N) is 1. The Balaban J connectivity index is 1.81. The fraction of sp³-hybridized carbons (Fsp3) is 0.615. The van der Waals surface area contributed by atoms with Crippen LogP contribution in [-0.2, 0) is 4.79 Å². The summed E-state index contributed by atoms with van der Waals surface area (Å²) in [5.74, 6) is 0.871. The van der Waals surface area contributed by atoms with Gasteiger partial charge in [0.15, 0.2) is 0 Å². The number of carbonyl (C=O) groups excluding carboxylic acids is 1. The summed E-state index contributed by atoms with van der Waals surface area (Å²) in [5.41, 5.74) is 0. The number of carbonyl (C=O) groups is 1. The first-order valence-electron chi connectivity index (χ1n) is 6.67. The van der Waals surface area contributed by atoms with Crippen LogP contribution in [0.15, 0.2) is 18.5 Å². The lowest BCUT2D eigenvalue weighted by molar-refractivity contribution is -0.121. The Morgan fingerprint density at radius 1 is 1.47 bits per heavy atom. The summed E-state index contributed by atoms with van der Waals surface area (Å²) in [5, 5.41) is 3.09. The molecule has 1 aliphatic rings. The molecule has 0 radical (unpaired) electrons. The van der Waals surface area contributed by atoms with E-state index in [-0.39, 0.29) is 16.8 Å². The van der Waals surface area contributed by atoms with Crippen LogP contribution < -0.4 is 10.2 Å². The number of anilines is 1. The van der Waals surface area contributed by atoms with Gasteiger partial charge in [-0.15, -0.1) is 0 Å². The van der Waals surface area contributed by atoms with Crippen molar-refractivity contribution in [3.8, 4) is 0 Å². The second kappa shape index (κ2) is 6.84. The number of halogens is 1. The second-order valence-corrected chi connectivity index (χ2v) is 5.80. The van der Waals surface area contributed by atoms with Crippen LogP contribution in [0.25, 0.3) is 0 Å². The van der Waals surface area contributed by atoms with E-state index in [9.17, 15) is 4.79 Å². The predicted octanol–water partition coefficient (Wildman–Crippen LogP) is 1.74. The smallest absolute Gasteiger partial charge is 0.233 e. The van der Waals surface area contributed by atoms with E-state index < -0.39 is 0 Å². The standard InChI is InChI=1S/C13H19BrN4O/c1-2-11(14)12(19)17-10-4-8-18(9-5-10)13-15-6-3-7-16-13/h3,6-7,10-11H,2,4-5,8-9H2,1H3,(H,17,19). The third-order valence-corrected chi connectivity index (χ3v) is 4.38. The van der Waals surface area contributed by atoms with E-state index in [1.807, 2.05) is 13.0 Å². The summed E-state index contributed by atoms with van der Waals surface area (Å²) >= 11 is 3.38. The Morgan fingerprint density at radius 2 is 2.11 bits per heavy atom. The molecule has 1 saturated heterocycles. The SMILES string of the molecule is CCC(Br)C(=O)NC1CCN(c2ncccn2)CC1. The summed E-state index contributed by atoms with van der Waals surface area (Å²) in [7, 11) is 0. The number of nitrogens with zero attached hydrogens (tertiary/aromatic N) is 3. The molecule has 104 valence electrons. The van der Waals surface area contributed by atoms with E-state index in [0.29, 0.717) is 0 Å². The van der Waals surface area contributed by atoms with Crippen LogP contribution >= 0.6 is 15.9 Å². The summed E-state index contributed by atoms with van der Waals surface area (Å²) < 4.78 is 0. The first kappa shape index (κ1) is 14.2. The largest absolute Gasteiger partial charge is 0.352 e. The zero-order valence-electron chi connectivity index (χ0n) is 11.1. The number of hydrogen-bond acceptors (Lipinski definition) is 4. The van der Waals surface area contributed by atoms with Crippen LogP contribution in [0.2, 0.25) is 0 Å². The lowest BCUT2D eigenvalue weighted by Gasteiger charge is -2.32. The molecule has 0 aromatic carbocycles. The van der Waals surface area contributed by atoms with Crippen LogP contribution in [0.1, 0.15) is 26.2 Å². The third kappa shape index (κ3) is 3.89. The van der Waals surface area contributed by atoms with Gasteiger partial charge in [0.25, 0.3) is 0 Å². The zero-order valence-corrected chi connectivity index (χ0v) is 12.6. The van der Waals surface area contributed by atoms with Crippen molar-refractivity contribution in [2.75, 3.05) is 18.0 Å². The molecule has 1 unspecified atom stereocenters. The summed E-state index contributed by atoms with van der Waals surface area (Å²) in [4.78, 5) is 22.4. The van der Waals surface area contributed by atoms with Gasteiger partial charge in [-0.05, 0) is 25.3 Å². The topological polar surface area (TPSA) is 58.1 Å². The Labute approximate surface area is 121 Å². The minimum Gasteiger partial charge on any atom is -0.352 e. The first-order chi connectivity index (χ1) is 9.20. The zero-order chi connectivity index (χ0) is 13.7. The highest BCUT2D eigenvalue weighted by molar-refractivity contribution is 9.10. The minimum absolute atomic E-state index is 0.0806. The van der Waals surface area contributed by atoms with Crippen LogP contribution in [-0.4, -0.2) is 39.8 Å². The first-order valence-corrected chi connectivity index (χ1v) is 7.58. The predicted molar refractivity (Wildman–Crippen MR) is 78.4 cm³/mol. The lowest BCUT2D eigenvalue weighted by atomic mass is 10.1. The molecule has 0 bridgehead atoms. The summed E-state index contributed by atoms with van der Waals surface area (Å²) in [6.45, 7) is 3.76. The van der Waals surface area contributed by atoms with Crippen molar-refractivity contribution in [3.63, 3.8) is 0 Å². The molecule has 6 heteroatoms. The molecule has 2 heterocycles. The van der Waals surface area contributed by atoms with Crippen LogP contribution in [0, 0.1) is 0 Å². The van der Waals surface area contributed by atoms with Crippen molar-refractivity contribution in [1.82, 2.24) is 15.3 Å². The van der Waals surface area contributed by atoms with Gasteiger partial charge >= 0.3 is 0 Å². The van der Waals surface area contributed by atoms with Gasteiger partial charge < -0.3 is 10.2 Å². The number of amides is 1. The maximum atomic E-state index is 11.8. The number of hydrogen-bond donors (Lipinski definition) is 1. The van der Waals surface area contributed by atoms with Gasteiger partial charge in [-0.1, -0.05) is 22.9 Å². The summed E-state index contributed by atoms with van der Waals surface area (Å²) in [6, 6.07) is 2.08. The van der Waals surface area contributed by atoms with E-state index in [2.05, 4.69) is 36.1 Å². The van der Waals surface area contributed by atoms with Crippen molar-refractivity contribution in [2.24, 2.45) is 0 Å². The molecule has 1 atom stereocenters. The molecular formula is C13H19BrN4O. The fourth-order valence-electron chi connectivity index (χ4n) is 2.16. The monoisotopic (exact) mass is 326 g/mol. The molecule has 19 heavy (non-hydrogen) atoms. The van der Waals surface area contributed by atoms with Crippen LogP contribution in [0.5, 0.6) is 0 Å². The van der Waals surface area contributed by atoms with Gasteiger partial charge in [0, 0.05) is 31.5 Å². The highest BCUT2D eigenvalue weighted by Gasteiger charge is 2.23. The number of aromatic nitrogens is 2. The highest BCUT2D eigenvalue weighted by atomic mass is 79.9. The molecule has 2 rings (SSSR count). The number of piperidine rings is 1. The van der Waals surface area contributed by atoms with Gasteiger partial charge in [0.1, 0.15) is 0 Å². The highest BCUT2D eigenvalue weighted by Crippen LogP contribution is 2.16. The Bertz CT molecular complexity index is 406. The maximum absolute atomic E-state index is 11.8. The van der Waals surface area contributed by atoms with E-state index in [1.54, 1.807) is 12.4 Å². The third-order valence-electron chi connectivity index (χ3n) is 3.32. The average molecular weight is 327 g/mol. The number of alkyl halides is 1. The van der Waals surface area contributed by atoms with Crippen molar-refractivity contribution in [2.45, 2.75) is 37.1 Å². The molecule has 0 saturated carbocycles. The Morgan fingerprint density at radius 3 is 2.68 bits per heavy atom. The average Bonchev–Trinajstić information content (AvgIpc) is 2.48. The molecule has 1 amide bonds. The maximum Gasteiger partial charge on any atom is 0.233 e. The normalized spacial score (nSPS) is 18.1. The van der Waals surface area contributed by atoms with Crippen molar-refractivity contribution < 1.29 is 4.79 Å². The van der Waals surface area contributed by atoms with Crippen molar-refractivity contribution in [1.29, 1.82) is 0 Å². The van der Waals surface area contributed by atoms with Gasteiger partial charge in [-0.25, -0.2) is 9.97 Å². The molecule has 5 nitrogen and oxygen atoms in total. The fourth-order valence-corrected chi connectivity index (χ4v) is 2.29. The Kier molecular flexibility index (Phi) is 5.13. The van der Waals surface area contributed by atoms with E-state index in [1.165, 1.54) is 0 Å². The molecule has 1 N–H and O–H groups in total. The molecule has 1 aliphatic heterocycles. The van der Waals surface area contributed by atoms with Crippen LogP contribution in [0.3, 0.4) is 0 Å². The van der Waals surface area contributed by atoms with Crippen molar-refractivity contribution in [3.05, 3.63) is 18.5 Å². The molecule has 1 fully saturated rings. The Hall–Kier alpha value is -1.17. The second-order valence-electron chi connectivity index (χ2n) is 4.69. The molecule has 0 spiro atoms. The lowest BCUT2D eigenvalue weighted by Crippen LogP contribution is -2.46. The van der Waals surface area contributed by atoms with Gasteiger partial charge in [-0.2, -0.15) is 0 Å². The quantitative estimate of drug-likeness (QED) is 0.856. The van der Waals surface area contributed by atoms with Crippen molar-refractivity contribution >= 4 is 27.8 Å². The number of rotatable bonds is 4. The molecular weight excluding hydrogens is 308 g/mol.